The van der Waals surface area contributed by atoms with E-state index in [0.717, 1.165) is 45.3 Å². The van der Waals surface area contributed by atoms with E-state index in [-0.39, 0.29) is 30.1 Å². The van der Waals surface area contributed by atoms with Crippen LogP contribution < -0.4 is 10.6 Å². The highest BCUT2D eigenvalue weighted by molar-refractivity contribution is 14.0. The lowest BCUT2D eigenvalue weighted by Gasteiger charge is -2.34. The quantitative estimate of drug-likeness (QED) is 0.308. The van der Waals surface area contributed by atoms with Gasteiger partial charge < -0.3 is 15.4 Å². The Balaban J connectivity index is 0.00000320. The first-order chi connectivity index (χ1) is 14.2. The molecule has 2 unspecified atom stereocenters. The molecule has 7 heteroatoms. The van der Waals surface area contributed by atoms with Gasteiger partial charge in [-0.2, -0.15) is 0 Å². The number of morpholine rings is 1. The summed E-state index contributed by atoms with van der Waals surface area (Å²) >= 11 is 0. The molecule has 170 valence electrons. The largest absolute Gasteiger partial charge is 0.374 e. The number of rotatable bonds is 8. The van der Waals surface area contributed by atoms with Crippen LogP contribution in [0.5, 0.6) is 0 Å². The van der Waals surface area contributed by atoms with Gasteiger partial charge in [0.2, 0.25) is 0 Å². The number of benzene rings is 1. The first-order valence-corrected chi connectivity index (χ1v) is 11.2. The van der Waals surface area contributed by atoms with Gasteiger partial charge in [0.1, 0.15) is 0 Å². The van der Waals surface area contributed by atoms with Gasteiger partial charge in [0, 0.05) is 39.8 Å². The summed E-state index contributed by atoms with van der Waals surface area (Å²) in [6.07, 6.45) is 2.80. The molecule has 0 amide bonds. The molecule has 0 aromatic heterocycles. The molecule has 0 radical (unpaired) electrons. The number of likely N-dealkylation sites (tertiary alicyclic amines) is 1. The number of halogens is 1. The van der Waals surface area contributed by atoms with Gasteiger partial charge in [-0.05, 0) is 37.4 Å². The van der Waals surface area contributed by atoms with Crippen LogP contribution in [0.2, 0.25) is 0 Å². The first kappa shape index (κ1) is 25.4. The SMILES string of the molecule is CN=C(NCC1CN(CC(C)C)CCO1)NCC(c1ccccc1)N1CCCC1.I. The van der Waals surface area contributed by atoms with Crippen LogP contribution in [0.4, 0.5) is 0 Å². The molecule has 6 nitrogen and oxygen atoms in total. The lowest BCUT2D eigenvalue weighted by molar-refractivity contribution is -0.0284. The van der Waals surface area contributed by atoms with Crippen molar-refractivity contribution in [3.8, 4) is 0 Å². The number of aliphatic imine (C=N–C) groups is 1. The van der Waals surface area contributed by atoms with Crippen molar-refractivity contribution in [3.63, 3.8) is 0 Å². The van der Waals surface area contributed by atoms with E-state index in [1.165, 1.54) is 31.5 Å². The Morgan fingerprint density at radius 2 is 1.87 bits per heavy atom. The average Bonchev–Trinajstić information content (AvgIpc) is 3.25. The Hall–Kier alpha value is -0.900. The van der Waals surface area contributed by atoms with Gasteiger partial charge in [-0.25, -0.2) is 0 Å². The number of hydrogen-bond donors (Lipinski definition) is 2. The van der Waals surface area contributed by atoms with Crippen LogP contribution in [0.15, 0.2) is 35.3 Å². The van der Waals surface area contributed by atoms with Crippen molar-refractivity contribution < 1.29 is 4.74 Å². The zero-order chi connectivity index (χ0) is 20.5. The predicted molar refractivity (Wildman–Crippen MR) is 136 cm³/mol. The highest BCUT2D eigenvalue weighted by Gasteiger charge is 2.24. The molecule has 0 bridgehead atoms. The third kappa shape index (κ3) is 7.98. The second-order valence-corrected chi connectivity index (χ2v) is 8.65. The fourth-order valence-corrected chi connectivity index (χ4v) is 4.40. The molecule has 0 spiro atoms. The number of ether oxygens (including phenoxy) is 1. The highest BCUT2D eigenvalue weighted by atomic mass is 127. The van der Waals surface area contributed by atoms with Crippen LogP contribution in [-0.2, 0) is 4.74 Å². The minimum absolute atomic E-state index is 0. The van der Waals surface area contributed by atoms with E-state index < -0.39 is 0 Å². The maximum Gasteiger partial charge on any atom is 0.191 e. The standard InChI is InChI=1S/C23H39N5O.HI/c1-19(2)17-27-13-14-29-21(18-27)15-25-23(24-3)26-16-22(28-11-7-8-12-28)20-9-5-4-6-10-20;/h4-6,9-10,19,21-22H,7-8,11-18H2,1-3H3,(H2,24,25,26);1H. The lowest BCUT2D eigenvalue weighted by atomic mass is 10.1. The van der Waals surface area contributed by atoms with E-state index in [4.69, 9.17) is 4.74 Å². The number of nitrogens with zero attached hydrogens (tertiary/aromatic N) is 3. The minimum Gasteiger partial charge on any atom is -0.374 e. The van der Waals surface area contributed by atoms with Crippen LogP contribution in [-0.4, -0.2) is 81.3 Å². The molecular formula is C23H40IN5O. The molecule has 2 aliphatic heterocycles. The summed E-state index contributed by atoms with van der Waals surface area (Å²) in [6, 6.07) is 11.2. The molecule has 2 N–H and O–H groups in total. The first-order valence-electron chi connectivity index (χ1n) is 11.2. The maximum atomic E-state index is 5.97. The molecule has 2 fully saturated rings. The summed E-state index contributed by atoms with van der Waals surface area (Å²) < 4.78 is 5.97. The van der Waals surface area contributed by atoms with Gasteiger partial charge in [-0.1, -0.05) is 44.2 Å². The fraction of sp³-hybridized carbons (Fsp3) is 0.696. The second-order valence-electron chi connectivity index (χ2n) is 8.65. The lowest BCUT2D eigenvalue weighted by Crippen LogP contribution is -2.50. The summed E-state index contributed by atoms with van der Waals surface area (Å²) in [7, 11) is 1.84. The molecule has 1 aromatic rings. The van der Waals surface area contributed by atoms with Crippen molar-refractivity contribution in [1.82, 2.24) is 20.4 Å². The Labute approximate surface area is 199 Å². The molecule has 2 atom stereocenters. The summed E-state index contributed by atoms with van der Waals surface area (Å²) in [5.74, 6) is 1.55. The van der Waals surface area contributed by atoms with E-state index in [9.17, 15) is 0 Å². The molecule has 0 aliphatic carbocycles. The Kier molecular flexibility index (Phi) is 11.4. The van der Waals surface area contributed by atoms with E-state index in [2.05, 4.69) is 69.6 Å². The van der Waals surface area contributed by atoms with Gasteiger partial charge in [-0.15, -0.1) is 24.0 Å². The fourth-order valence-electron chi connectivity index (χ4n) is 4.40. The summed E-state index contributed by atoms with van der Waals surface area (Å²) in [5.41, 5.74) is 1.37. The highest BCUT2D eigenvalue weighted by Crippen LogP contribution is 2.24. The van der Waals surface area contributed by atoms with E-state index in [1.807, 2.05) is 7.05 Å². The number of guanidine groups is 1. The molecule has 0 saturated carbocycles. The predicted octanol–water partition coefficient (Wildman–Crippen LogP) is 2.96. The van der Waals surface area contributed by atoms with Crippen molar-refractivity contribution in [1.29, 1.82) is 0 Å². The summed E-state index contributed by atoms with van der Waals surface area (Å²) in [4.78, 5) is 9.54. The summed E-state index contributed by atoms with van der Waals surface area (Å²) in [6.45, 7) is 12.5. The van der Waals surface area contributed by atoms with Crippen LogP contribution in [0.25, 0.3) is 0 Å². The number of nitrogens with one attached hydrogen (secondary N) is 2. The van der Waals surface area contributed by atoms with E-state index >= 15 is 0 Å². The number of hydrogen-bond acceptors (Lipinski definition) is 4. The van der Waals surface area contributed by atoms with Gasteiger partial charge >= 0.3 is 0 Å². The van der Waals surface area contributed by atoms with Crippen molar-refractivity contribution in [2.45, 2.75) is 38.8 Å². The van der Waals surface area contributed by atoms with Crippen molar-refractivity contribution in [3.05, 3.63) is 35.9 Å². The zero-order valence-corrected chi connectivity index (χ0v) is 21.2. The van der Waals surface area contributed by atoms with E-state index in [0.29, 0.717) is 12.0 Å². The molecule has 1 aromatic carbocycles. The second kappa shape index (κ2) is 13.5. The van der Waals surface area contributed by atoms with Crippen molar-refractivity contribution in [2.24, 2.45) is 10.9 Å². The third-order valence-electron chi connectivity index (χ3n) is 5.80. The average molecular weight is 530 g/mol. The summed E-state index contributed by atoms with van der Waals surface area (Å²) in [5, 5.41) is 7.04. The van der Waals surface area contributed by atoms with Crippen LogP contribution in [0, 0.1) is 5.92 Å². The topological polar surface area (TPSA) is 52.1 Å². The Morgan fingerprint density at radius 1 is 1.13 bits per heavy atom. The molecule has 2 saturated heterocycles. The Bertz CT molecular complexity index is 621. The smallest absolute Gasteiger partial charge is 0.191 e. The van der Waals surface area contributed by atoms with E-state index in [1.54, 1.807) is 0 Å². The maximum absolute atomic E-state index is 5.97. The monoisotopic (exact) mass is 529 g/mol. The molecule has 2 aliphatic rings. The normalized spacial score (nSPS) is 22.0. The van der Waals surface area contributed by atoms with Gasteiger partial charge in [-0.3, -0.25) is 14.8 Å². The third-order valence-corrected chi connectivity index (χ3v) is 5.80. The van der Waals surface area contributed by atoms with Crippen LogP contribution >= 0.6 is 24.0 Å². The molecule has 3 rings (SSSR count). The zero-order valence-electron chi connectivity index (χ0n) is 18.8. The van der Waals surface area contributed by atoms with Crippen molar-refractivity contribution >= 4 is 29.9 Å². The molecule has 30 heavy (non-hydrogen) atoms. The van der Waals surface area contributed by atoms with Gasteiger partial charge in [0.15, 0.2) is 5.96 Å². The molecule has 2 heterocycles. The van der Waals surface area contributed by atoms with Gasteiger partial charge in [0.05, 0.1) is 18.8 Å². The van der Waals surface area contributed by atoms with Crippen LogP contribution in [0.1, 0.15) is 38.3 Å². The molecular weight excluding hydrogens is 489 g/mol. The van der Waals surface area contributed by atoms with Crippen molar-refractivity contribution in [2.75, 3.05) is 59.5 Å². The van der Waals surface area contributed by atoms with Gasteiger partial charge in [0.25, 0.3) is 0 Å². The Morgan fingerprint density at radius 3 is 2.53 bits per heavy atom. The van der Waals surface area contributed by atoms with Crippen LogP contribution in [0.3, 0.4) is 0 Å². The minimum atomic E-state index is 0.